The Bertz CT molecular complexity index is 932. The van der Waals surface area contributed by atoms with Crippen LogP contribution in [-0.2, 0) is 9.53 Å². The Balaban J connectivity index is 0.000000318. The topological polar surface area (TPSA) is 79.7 Å². The number of halogens is 3. The second-order valence-electron chi connectivity index (χ2n) is 7.16. The second-order valence-corrected chi connectivity index (χ2v) is 8.64. The Kier molecular flexibility index (Phi) is 6.56. The van der Waals surface area contributed by atoms with E-state index in [0.29, 0.717) is 11.7 Å². The Morgan fingerprint density at radius 3 is 2.63 bits per heavy atom. The van der Waals surface area contributed by atoms with Crippen molar-refractivity contribution in [2.24, 2.45) is 0 Å². The van der Waals surface area contributed by atoms with Gasteiger partial charge in [0, 0.05) is 37.0 Å². The van der Waals surface area contributed by atoms with Crippen molar-refractivity contribution in [2.75, 3.05) is 25.4 Å². The third-order valence-electron chi connectivity index (χ3n) is 4.90. The molecule has 1 N–H and O–H groups in total. The van der Waals surface area contributed by atoms with Gasteiger partial charge in [0.05, 0.1) is 21.9 Å². The maximum Gasteiger partial charge on any atom is 0.490 e. The van der Waals surface area contributed by atoms with Crippen molar-refractivity contribution in [3.05, 3.63) is 42.1 Å². The second kappa shape index (κ2) is 8.81. The van der Waals surface area contributed by atoms with Gasteiger partial charge in [-0.2, -0.15) is 13.2 Å². The number of benzene rings is 1. The molecule has 1 aromatic heterocycles. The normalized spacial score (nSPS) is 19.9. The molecule has 6 nitrogen and oxygen atoms in total. The summed E-state index contributed by atoms with van der Waals surface area (Å²) in [6.45, 7) is 4.46. The van der Waals surface area contributed by atoms with Gasteiger partial charge in [-0.25, -0.2) is 4.79 Å². The van der Waals surface area contributed by atoms with Crippen molar-refractivity contribution in [3.8, 4) is 0 Å². The first-order valence-electron chi connectivity index (χ1n) is 9.33. The summed E-state index contributed by atoms with van der Waals surface area (Å²) in [4.78, 5) is 27.9. The third-order valence-corrected chi connectivity index (χ3v) is 6.48. The Labute approximate surface area is 175 Å². The molecule has 4 rings (SSSR count). The molecule has 2 fully saturated rings. The van der Waals surface area contributed by atoms with Crippen molar-refractivity contribution < 1.29 is 32.6 Å². The van der Waals surface area contributed by atoms with Gasteiger partial charge in [0.2, 0.25) is 0 Å². The SMILES string of the molecule is CCOC1CSC2(C1)CN(C(=O)c1cnc3ccccc3c1)C2.O=C(O)C(F)(F)F. The number of carboxylic acids is 1. The van der Waals surface area contributed by atoms with E-state index in [1.165, 1.54) is 0 Å². The maximum absolute atomic E-state index is 12.7. The number of pyridine rings is 1. The number of aromatic nitrogens is 1. The lowest BCUT2D eigenvalue weighted by Gasteiger charge is -2.47. The number of fused-ring (bicyclic) bond motifs is 1. The molecule has 1 spiro atoms. The van der Waals surface area contributed by atoms with Crippen LogP contribution >= 0.6 is 11.8 Å². The van der Waals surface area contributed by atoms with Crippen LogP contribution < -0.4 is 0 Å². The highest BCUT2D eigenvalue weighted by Gasteiger charge is 2.50. The molecule has 0 aliphatic carbocycles. The number of aliphatic carboxylic acids is 1. The lowest BCUT2D eigenvalue weighted by atomic mass is 9.92. The highest BCUT2D eigenvalue weighted by Crippen LogP contribution is 2.46. The van der Waals surface area contributed by atoms with Crippen LogP contribution in [0, 0.1) is 0 Å². The van der Waals surface area contributed by atoms with E-state index in [-0.39, 0.29) is 10.7 Å². The summed E-state index contributed by atoms with van der Waals surface area (Å²) < 4.78 is 37.7. The first kappa shape index (κ1) is 22.4. The van der Waals surface area contributed by atoms with Crippen LogP contribution in [0.1, 0.15) is 23.7 Å². The van der Waals surface area contributed by atoms with Crippen molar-refractivity contribution in [1.82, 2.24) is 9.88 Å². The first-order valence-corrected chi connectivity index (χ1v) is 10.3. The number of likely N-dealkylation sites (tertiary alicyclic amines) is 1. The molecule has 10 heteroatoms. The van der Waals surface area contributed by atoms with Gasteiger partial charge < -0.3 is 14.7 Å². The van der Waals surface area contributed by atoms with Gasteiger partial charge >= 0.3 is 12.1 Å². The zero-order valence-corrected chi connectivity index (χ0v) is 17.0. The van der Waals surface area contributed by atoms with Gasteiger partial charge in [0.25, 0.3) is 5.91 Å². The quantitative estimate of drug-likeness (QED) is 0.783. The Hall–Kier alpha value is -2.33. The van der Waals surface area contributed by atoms with Crippen molar-refractivity contribution in [2.45, 2.75) is 30.4 Å². The minimum absolute atomic E-state index is 0.0920. The molecular formula is C20H21F3N2O4S. The molecule has 2 aliphatic rings. The van der Waals surface area contributed by atoms with E-state index in [1.54, 1.807) is 6.20 Å². The number of hydrogen-bond donors (Lipinski definition) is 1. The molecule has 2 aromatic rings. The fourth-order valence-electron chi connectivity index (χ4n) is 3.53. The summed E-state index contributed by atoms with van der Waals surface area (Å²) in [7, 11) is 0. The number of carbonyl (C=O) groups excluding carboxylic acids is 1. The summed E-state index contributed by atoms with van der Waals surface area (Å²) >= 11 is 1.96. The lowest BCUT2D eigenvalue weighted by molar-refractivity contribution is -0.192. The van der Waals surface area contributed by atoms with E-state index >= 15 is 0 Å². The van der Waals surface area contributed by atoms with Crippen molar-refractivity contribution in [1.29, 1.82) is 0 Å². The highest BCUT2D eigenvalue weighted by atomic mass is 32.2. The minimum Gasteiger partial charge on any atom is -0.475 e. The van der Waals surface area contributed by atoms with Gasteiger partial charge in [-0.3, -0.25) is 9.78 Å². The molecule has 162 valence electrons. The third kappa shape index (κ3) is 5.04. The van der Waals surface area contributed by atoms with Gasteiger partial charge in [-0.1, -0.05) is 18.2 Å². The first-order chi connectivity index (χ1) is 14.1. The number of carbonyl (C=O) groups is 2. The zero-order valence-electron chi connectivity index (χ0n) is 16.2. The van der Waals surface area contributed by atoms with Crippen LogP contribution in [-0.4, -0.2) is 69.3 Å². The average molecular weight is 442 g/mol. The number of alkyl halides is 3. The number of para-hydroxylation sites is 1. The molecule has 30 heavy (non-hydrogen) atoms. The highest BCUT2D eigenvalue weighted by molar-refractivity contribution is 8.01. The summed E-state index contributed by atoms with van der Waals surface area (Å²) in [6.07, 6.45) is -1.98. The van der Waals surface area contributed by atoms with E-state index in [0.717, 1.165) is 42.8 Å². The summed E-state index contributed by atoms with van der Waals surface area (Å²) in [6, 6.07) is 9.84. The molecule has 0 radical (unpaired) electrons. The molecule has 2 saturated heterocycles. The van der Waals surface area contributed by atoms with Crippen LogP contribution in [0.25, 0.3) is 10.9 Å². The Morgan fingerprint density at radius 2 is 2.00 bits per heavy atom. The molecule has 1 atom stereocenters. The molecule has 1 amide bonds. The average Bonchev–Trinajstić information content (AvgIpc) is 3.10. The zero-order chi connectivity index (χ0) is 21.9. The van der Waals surface area contributed by atoms with Crippen LogP contribution in [0.2, 0.25) is 0 Å². The van der Waals surface area contributed by atoms with Gasteiger partial charge in [0.1, 0.15) is 0 Å². The predicted molar refractivity (Wildman–Crippen MR) is 107 cm³/mol. The molecule has 3 heterocycles. The summed E-state index contributed by atoms with van der Waals surface area (Å²) in [5, 5.41) is 8.14. The number of nitrogens with zero attached hydrogens (tertiary/aromatic N) is 2. The number of amides is 1. The lowest BCUT2D eigenvalue weighted by Crippen LogP contribution is -2.60. The van der Waals surface area contributed by atoms with Crippen molar-refractivity contribution in [3.63, 3.8) is 0 Å². The summed E-state index contributed by atoms with van der Waals surface area (Å²) in [5.74, 6) is -1.62. The molecular weight excluding hydrogens is 421 g/mol. The van der Waals surface area contributed by atoms with E-state index in [2.05, 4.69) is 4.98 Å². The summed E-state index contributed by atoms with van der Waals surface area (Å²) in [5.41, 5.74) is 1.61. The van der Waals surface area contributed by atoms with Crippen LogP contribution in [0.15, 0.2) is 36.5 Å². The van der Waals surface area contributed by atoms with Gasteiger partial charge in [-0.15, -0.1) is 11.8 Å². The van der Waals surface area contributed by atoms with Crippen LogP contribution in [0.3, 0.4) is 0 Å². The monoisotopic (exact) mass is 442 g/mol. The molecule has 1 aromatic carbocycles. The van der Waals surface area contributed by atoms with Gasteiger partial charge in [-0.05, 0) is 25.5 Å². The predicted octanol–water partition coefficient (Wildman–Crippen LogP) is 3.60. The molecule has 2 aliphatic heterocycles. The van der Waals surface area contributed by atoms with E-state index < -0.39 is 12.1 Å². The van der Waals surface area contributed by atoms with Crippen LogP contribution in [0.4, 0.5) is 13.2 Å². The van der Waals surface area contributed by atoms with E-state index in [1.807, 2.05) is 53.9 Å². The molecule has 1 unspecified atom stereocenters. The minimum atomic E-state index is -5.08. The maximum atomic E-state index is 12.7. The van der Waals surface area contributed by atoms with E-state index in [4.69, 9.17) is 14.6 Å². The van der Waals surface area contributed by atoms with E-state index in [9.17, 15) is 18.0 Å². The smallest absolute Gasteiger partial charge is 0.475 e. The number of rotatable bonds is 3. The molecule has 0 bridgehead atoms. The molecule has 0 saturated carbocycles. The number of thioether (sulfide) groups is 1. The standard InChI is InChI=1S/C18H20N2O2S.C2HF3O2/c1-2-22-15-8-18(23-10-15)11-20(12-18)17(21)14-7-13-5-3-4-6-16(13)19-9-14;3-2(4,5)1(6)7/h3-7,9,15H,2,8,10-12H2,1H3;(H,6,7). The van der Waals surface area contributed by atoms with Crippen molar-refractivity contribution >= 4 is 34.5 Å². The fraction of sp³-hybridized carbons (Fsp3) is 0.450. The number of hydrogen-bond acceptors (Lipinski definition) is 5. The fourth-order valence-corrected chi connectivity index (χ4v) is 5.08. The number of ether oxygens (including phenoxy) is 1. The van der Waals surface area contributed by atoms with Crippen LogP contribution in [0.5, 0.6) is 0 Å². The van der Waals surface area contributed by atoms with Gasteiger partial charge in [0.15, 0.2) is 0 Å². The largest absolute Gasteiger partial charge is 0.490 e. The number of carboxylic acid groups (broad SMARTS) is 1. The Morgan fingerprint density at radius 1 is 1.33 bits per heavy atom.